The SMILES string of the molecule is O=C(NCC(Br)C1CC1)c1cccc([N+](=O)[O-])c1. The summed E-state index contributed by atoms with van der Waals surface area (Å²) in [5.41, 5.74) is 0.250. The average Bonchev–Trinajstić information content (AvgIpc) is 3.20. The number of alkyl halides is 1. The van der Waals surface area contributed by atoms with Crippen molar-refractivity contribution in [2.45, 2.75) is 17.7 Å². The Labute approximate surface area is 113 Å². The average molecular weight is 313 g/mol. The summed E-state index contributed by atoms with van der Waals surface area (Å²) in [5, 5.41) is 13.4. The fourth-order valence-electron chi connectivity index (χ4n) is 1.68. The van der Waals surface area contributed by atoms with Gasteiger partial charge in [-0.3, -0.25) is 14.9 Å². The second-order valence-electron chi connectivity index (χ2n) is 4.37. The molecular weight excluding hydrogens is 300 g/mol. The van der Waals surface area contributed by atoms with Crippen molar-refractivity contribution >= 4 is 27.5 Å². The third kappa shape index (κ3) is 3.29. The summed E-state index contributed by atoms with van der Waals surface area (Å²) >= 11 is 3.52. The van der Waals surface area contributed by atoms with Crippen molar-refractivity contribution in [1.82, 2.24) is 5.32 Å². The van der Waals surface area contributed by atoms with Gasteiger partial charge in [0, 0.05) is 29.1 Å². The number of benzene rings is 1. The van der Waals surface area contributed by atoms with Crippen molar-refractivity contribution in [3.05, 3.63) is 39.9 Å². The number of carbonyl (C=O) groups is 1. The van der Waals surface area contributed by atoms with Gasteiger partial charge in [0.1, 0.15) is 0 Å². The highest BCUT2D eigenvalue weighted by molar-refractivity contribution is 9.09. The lowest BCUT2D eigenvalue weighted by atomic mass is 10.2. The van der Waals surface area contributed by atoms with E-state index in [4.69, 9.17) is 0 Å². The van der Waals surface area contributed by atoms with E-state index in [9.17, 15) is 14.9 Å². The van der Waals surface area contributed by atoms with Crippen molar-refractivity contribution < 1.29 is 9.72 Å². The standard InChI is InChI=1S/C12H13BrN2O3/c13-11(8-4-5-8)7-14-12(16)9-2-1-3-10(6-9)15(17)18/h1-3,6,8,11H,4-5,7H2,(H,14,16). The molecule has 1 atom stereocenters. The smallest absolute Gasteiger partial charge is 0.270 e. The summed E-state index contributed by atoms with van der Waals surface area (Å²) in [6.45, 7) is 0.548. The molecule has 1 N–H and O–H groups in total. The van der Waals surface area contributed by atoms with Gasteiger partial charge in [-0.15, -0.1) is 0 Å². The molecule has 0 heterocycles. The van der Waals surface area contributed by atoms with E-state index in [0.29, 0.717) is 22.9 Å². The van der Waals surface area contributed by atoms with Crippen molar-refractivity contribution in [2.75, 3.05) is 6.54 Å². The first-order chi connectivity index (χ1) is 8.58. The highest BCUT2D eigenvalue weighted by Gasteiger charge is 2.29. The number of rotatable bonds is 5. The van der Waals surface area contributed by atoms with Gasteiger partial charge in [-0.1, -0.05) is 22.0 Å². The molecule has 1 fully saturated rings. The molecule has 96 valence electrons. The fraction of sp³-hybridized carbons (Fsp3) is 0.417. The van der Waals surface area contributed by atoms with E-state index < -0.39 is 4.92 Å². The maximum atomic E-state index is 11.8. The number of nitro groups is 1. The van der Waals surface area contributed by atoms with Gasteiger partial charge < -0.3 is 5.32 Å². The molecule has 1 aliphatic carbocycles. The van der Waals surface area contributed by atoms with E-state index in [1.54, 1.807) is 6.07 Å². The largest absolute Gasteiger partial charge is 0.351 e. The number of nitro benzene ring substituents is 1. The lowest BCUT2D eigenvalue weighted by Crippen LogP contribution is -2.30. The number of nitrogens with one attached hydrogen (secondary N) is 1. The summed E-state index contributed by atoms with van der Waals surface area (Å²) in [6, 6.07) is 5.74. The minimum atomic E-state index is -0.506. The van der Waals surface area contributed by atoms with E-state index in [1.807, 2.05) is 0 Å². The van der Waals surface area contributed by atoms with Crippen LogP contribution in [0.25, 0.3) is 0 Å². The molecule has 0 aromatic heterocycles. The molecule has 0 radical (unpaired) electrons. The lowest BCUT2D eigenvalue weighted by molar-refractivity contribution is -0.384. The zero-order valence-electron chi connectivity index (χ0n) is 9.64. The molecule has 6 heteroatoms. The third-order valence-electron chi connectivity index (χ3n) is 2.91. The van der Waals surface area contributed by atoms with Crippen LogP contribution < -0.4 is 5.32 Å². The molecule has 1 saturated carbocycles. The van der Waals surface area contributed by atoms with E-state index in [1.165, 1.54) is 31.0 Å². The number of non-ortho nitro benzene ring substituents is 1. The molecule has 1 unspecified atom stereocenters. The van der Waals surface area contributed by atoms with Crippen LogP contribution >= 0.6 is 15.9 Å². The van der Waals surface area contributed by atoms with E-state index in [0.717, 1.165) is 0 Å². The Hall–Kier alpha value is -1.43. The highest BCUT2D eigenvalue weighted by Crippen LogP contribution is 2.36. The Morgan fingerprint density at radius 3 is 2.89 bits per heavy atom. The van der Waals surface area contributed by atoms with Gasteiger partial charge >= 0.3 is 0 Å². The van der Waals surface area contributed by atoms with Gasteiger partial charge in [-0.05, 0) is 24.8 Å². The first-order valence-electron chi connectivity index (χ1n) is 5.74. The molecule has 1 amide bonds. The highest BCUT2D eigenvalue weighted by atomic mass is 79.9. The van der Waals surface area contributed by atoms with Gasteiger partial charge in [0.05, 0.1) is 4.92 Å². The molecule has 1 aromatic rings. The lowest BCUT2D eigenvalue weighted by Gasteiger charge is -2.09. The number of halogens is 1. The van der Waals surface area contributed by atoms with E-state index in [-0.39, 0.29) is 11.6 Å². The molecule has 1 aromatic carbocycles. The van der Waals surface area contributed by atoms with E-state index >= 15 is 0 Å². The molecule has 0 spiro atoms. The molecule has 2 rings (SSSR count). The van der Waals surface area contributed by atoms with Gasteiger partial charge in [0.2, 0.25) is 0 Å². The molecule has 0 saturated heterocycles. The summed E-state index contributed by atoms with van der Waals surface area (Å²) in [5.74, 6) is 0.374. The second kappa shape index (κ2) is 5.48. The van der Waals surface area contributed by atoms with Crippen LogP contribution in [0.4, 0.5) is 5.69 Å². The van der Waals surface area contributed by atoms with Gasteiger partial charge in [0.15, 0.2) is 0 Å². The number of carbonyl (C=O) groups excluding carboxylic acids is 1. The second-order valence-corrected chi connectivity index (χ2v) is 5.55. The van der Waals surface area contributed by atoms with Crippen molar-refractivity contribution in [3.8, 4) is 0 Å². The van der Waals surface area contributed by atoms with Gasteiger partial charge in [0.25, 0.3) is 11.6 Å². The zero-order valence-corrected chi connectivity index (χ0v) is 11.2. The third-order valence-corrected chi connectivity index (χ3v) is 3.98. The molecule has 0 aliphatic heterocycles. The van der Waals surface area contributed by atoms with Crippen LogP contribution in [0.15, 0.2) is 24.3 Å². The number of hydrogen-bond acceptors (Lipinski definition) is 3. The molecular formula is C12H13BrN2O3. The number of nitrogens with zero attached hydrogens (tertiary/aromatic N) is 1. The summed E-state index contributed by atoms with van der Waals surface area (Å²) in [4.78, 5) is 22.2. The first-order valence-corrected chi connectivity index (χ1v) is 6.66. The fourth-order valence-corrected chi connectivity index (χ4v) is 2.37. The molecule has 0 bridgehead atoms. The van der Waals surface area contributed by atoms with Crippen molar-refractivity contribution in [1.29, 1.82) is 0 Å². The topological polar surface area (TPSA) is 72.2 Å². The molecule has 5 nitrogen and oxygen atoms in total. The molecule has 18 heavy (non-hydrogen) atoms. The van der Waals surface area contributed by atoms with Gasteiger partial charge in [-0.25, -0.2) is 0 Å². The summed E-state index contributed by atoms with van der Waals surface area (Å²) < 4.78 is 0. The maximum Gasteiger partial charge on any atom is 0.270 e. The van der Waals surface area contributed by atoms with Crippen LogP contribution in [0.3, 0.4) is 0 Å². The van der Waals surface area contributed by atoms with Crippen molar-refractivity contribution in [2.24, 2.45) is 5.92 Å². The van der Waals surface area contributed by atoms with Crippen LogP contribution in [0, 0.1) is 16.0 Å². The summed E-state index contributed by atoms with van der Waals surface area (Å²) in [6.07, 6.45) is 2.39. The zero-order chi connectivity index (χ0) is 13.1. The van der Waals surface area contributed by atoms with Crippen LogP contribution in [-0.4, -0.2) is 22.2 Å². The predicted molar refractivity (Wildman–Crippen MR) is 70.9 cm³/mol. The van der Waals surface area contributed by atoms with Crippen molar-refractivity contribution in [3.63, 3.8) is 0 Å². The number of amides is 1. The van der Waals surface area contributed by atoms with Crippen LogP contribution in [0.1, 0.15) is 23.2 Å². The maximum absolute atomic E-state index is 11.8. The Morgan fingerprint density at radius 2 is 2.28 bits per heavy atom. The van der Waals surface area contributed by atoms with Crippen LogP contribution in [0.2, 0.25) is 0 Å². The van der Waals surface area contributed by atoms with E-state index in [2.05, 4.69) is 21.2 Å². The first kappa shape index (κ1) is 13.0. The normalized spacial score (nSPS) is 16.1. The minimum absolute atomic E-state index is 0.0692. The Kier molecular flexibility index (Phi) is 3.96. The number of hydrogen-bond donors (Lipinski definition) is 1. The summed E-state index contributed by atoms with van der Waals surface area (Å²) in [7, 11) is 0. The quantitative estimate of drug-likeness (QED) is 0.516. The van der Waals surface area contributed by atoms with Crippen LogP contribution in [-0.2, 0) is 0 Å². The monoisotopic (exact) mass is 312 g/mol. The Morgan fingerprint density at radius 1 is 1.56 bits per heavy atom. The van der Waals surface area contributed by atoms with Gasteiger partial charge in [-0.2, -0.15) is 0 Å². The molecule has 1 aliphatic rings. The minimum Gasteiger partial charge on any atom is -0.351 e. The Balaban J connectivity index is 1.95. The Bertz CT molecular complexity index is 474. The van der Waals surface area contributed by atoms with Crippen LogP contribution in [0.5, 0.6) is 0 Å². The predicted octanol–water partition coefficient (Wildman–Crippen LogP) is 2.50.